The van der Waals surface area contributed by atoms with E-state index < -0.39 is 32.5 Å². The van der Waals surface area contributed by atoms with Crippen LogP contribution in [-0.4, -0.2) is 47.6 Å². The minimum Gasteiger partial charge on any atom is -0.353 e. The average Bonchev–Trinajstić information content (AvgIpc) is 2.82. The molecule has 3 aromatic rings. The Balaban J connectivity index is 1.72. The van der Waals surface area contributed by atoms with Crippen LogP contribution in [0.2, 0.25) is 5.02 Å². The first-order chi connectivity index (χ1) is 17.7. The molecule has 1 aromatic heterocycles. The summed E-state index contributed by atoms with van der Waals surface area (Å²) in [6.45, 7) is 3.71. The summed E-state index contributed by atoms with van der Waals surface area (Å²) < 4.78 is 64.9. The third-order valence-corrected chi connectivity index (χ3v) is 7.44. The Morgan fingerprint density at radius 3 is 2.37 bits per heavy atom. The second kappa shape index (κ2) is 10.1. The Hall–Kier alpha value is -3.38. The van der Waals surface area contributed by atoms with Crippen molar-refractivity contribution in [2.45, 2.75) is 43.9 Å². The van der Waals surface area contributed by atoms with Gasteiger partial charge < -0.3 is 10.2 Å². The van der Waals surface area contributed by atoms with E-state index >= 15 is 0 Å². The van der Waals surface area contributed by atoms with E-state index in [9.17, 15) is 31.2 Å². The molecule has 4 rings (SSSR count). The van der Waals surface area contributed by atoms with Gasteiger partial charge in [0.2, 0.25) is 5.95 Å². The summed E-state index contributed by atoms with van der Waals surface area (Å²) >= 11 is 5.68. The number of carbonyl (C=O) groups excluding carboxylic acids is 1. The maximum absolute atomic E-state index is 13.6. The third-order valence-electron chi connectivity index (χ3n) is 5.98. The zero-order chi connectivity index (χ0) is 28.0. The Bertz CT molecular complexity index is 1570. The van der Waals surface area contributed by atoms with E-state index in [2.05, 4.69) is 10.3 Å². The van der Waals surface area contributed by atoms with Crippen LogP contribution in [0, 0.1) is 0 Å². The number of nitrogens with zero attached hydrogens (tertiary/aromatic N) is 3. The molecule has 0 bridgehead atoms. The Labute approximate surface area is 222 Å². The summed E-state index contributed by atoms with van der Waals surface area (Å²) in [4.78, 5) is 32.7. The van der Waals surface area contributed by atoms with Gasteiger partial charge >= 0.3 is 6.18 Å². The quantitative estimate of drug-likeness (QED) is 0.492. The van der Waals surface area contributed by atoms with Gasteiger partial charge in [-0.15, -0.1) is 0 Å². The van der Waals surface area contributed by atoms with Crippen molar-refractivity contribution in [3.63, 3.8) is 0 Å². The van der Waals surface area contributed by atoms with Crippen LogP contribution in [0.3, 0.4) is 0 Å². The molecule has 1 aliphatic heterocycles. The second-order valence-corrected chi connectivity index (χ2v) is 11.7. The lowest BCUT2D eigenvalue weighted by Crippen LogP contribution is -2.41. The number of sulfone groups is 1. The topological polar surface area (TPSA) is 101 Å². The summed E-state index contributed by atoms with van der Waals surface area (Å²) in [7, 11) is -3.43. The fourth-order valence-electron chi connectivity index (χ4n) is 4.16. The lowest BCUT2D eigenvalue weighted by molar-refractivity contribution is -0.137. The minimum absolute atomic E-state index is 0.0754. The number of alkyl halides is 3. The molecule has 1 N–H and O–H groups in total. The van der Waals surface area contributed by atoms with Gasteiger partial charge in [0.25, 0.3) is 11.5 Å². The molecule has 0 spiro atoms. The smallest absolute Gasteiger partial charge is 0.353 e. The lowest BCUT2D eigenvalue weighted by Gasteiger charge is -2.29. The second-order valence-electron chi connectivity index (χ2n) is 9.24. The SMILES string of the molecule is CC(C)Nc1nc2c(c(=O)n1-c1ccc(S(C)(=O)=O)cc1)CCN(C(=O)c1ccc(Cl)c(C(F)(F)F)c1)C2. The molecular weight excluding hydrogens is 545 g/mol. The number of carbonyl (C=O) groups is 1. The highest BCUT2D eigenvalue weighted by Gasteiger charge is 2.35. The highest BCUT2D eigenvalue weighted by Crippen LogP contribution is 2.35. The molecule has 1 amide bonds. The molecule has 202 valence electrons. The molecule has 0 aliphatic carbocycles. The van der Waals surface area contributed by atoms with E-state index in [1.54, 1.807) is 0 Å². The molecule has 2 aromatic carbocycles. The van der Waals surface area contributed by atoms with E-state index in [0.717, 1.165) is 18.4 Å². The standard InChI is InChI=1S/C25H24ClF3N4O4S/c1-14(2)30-24-31-21-13-32(22(34)15-4-9-20(26)19(12-15)25(27,28)29)11-10-18(21)23(35)33(24)16-5-7-17(8-6-16)38(3,36)37/h4-9,12,14H,10-11,13H2,1-3H3,(H,30,31). The number of hydrogen-bond acceptors (Lipinski definition) is 6. The van der Waals surface area contributed by atoms with Crippen LogP contribution in [0.5, 0.6) is 0 Å². The monoisotopic (exact) mass is 568 g/mol. The molecule has 13 heteroatoms. The van der Waals surface area contributed by atoms with Gasteiger partial charge in [-0.2, -0.15) is 13.2 Å². The first-order valence-electron chi connectivity index (χ1n) is 11.5. The van der Waals surface area contributed by atoms with E-state index in [1.165, 1.54) is 39.8 Å². The number of amides is 1. The van der Waals surface area contributed by atoms with E-state index in [4.69, 9.17) is 11.6 Å². The lowest BCUT2D eigenvalue weighted by atomic mass is 10.0. The summed E-state index contributed by atoms with van der Waals surface area (Å²) in [5.74, 6) is -0.450. The third kappa shape index (κ3) is 5.56. The van der Waals surface area contributed by atoms with Crippen LogP contribution in [0.1, 0.15) is 41.0 Å². The van der Waals surface area contributed by atoms with Crippen molar-refractivity contribution >= 4 is 33.3 Å². The first kappa shape index (κ1) is 27.6. The van der Waals surface area contributed by atoms with Crippen LogP contribution >= 0.6 is 11.6 Å². The van der Waals surface area contributed by atoms with Crippen molar-refractivity contribution < 1.29 is 26.4 Å². The highest BCUT2D eigenvalue weighted by molar-refractivity contribution is 7.90. The fraction of sp³-hybridized carbons (Fsp3) is 0.320. The number of rotatable bonds is 5. The summed E-state index contributed by atoms with van der Waals surface area (Å²) in [6, 6.07) is 8.67. The molecule has 38 heavy (non-hydrogen) atoms. The molecule has 0 saturated heterocycles. The maximum Gasteiger partial charge on any atom is 0.417 e. The summed E-state index contributed by atoms with van der Waals surface area (Å²) in [6.07, 6.45) is -3.50. The number of fused-ring (bicyclic) bond motifs is 1. The molecular formula is C25H24ClF3N4O4S. The number of benzene rings is 2. The molecule has 8 nitrogen and oxygen atoms in total. The predicted molar refractivity (Wildman–Crippen MR) is 137 cm³/mol. The molecule has 0 saturated carbocycles. The molecule has 0 unspecified atom stereocenters. The summed E-state index contributed by atoms with van der Waals surface area (Å²) in [5, 5.41) is 2.60. The zero-order valence-electron chi connectivity index (χ0n) is 20.6. The van der Waals surface area contributed by atoms with E-state index in [-0.39, 0.29) is 47.5 Å². The summed E-state index contributed by atoms with van der Waals surface area (Å²) in [5.41, 5.74) is -0.573. The van der Waals surface area contributed by atoms with Crippen molar-refractivity contribution in [2.24, 2.45) is 0 Å². The van der Waals surface area contributed by atoms with E-state index in [0.29, 0.717) is 16.9 Å². The number of halogens is 4. The van der Waals surface area contributed by atoms with Crippen molar-refractivity contribution in [3.05, 3.63) is 80.2 Å². The van der Waals surface area contributed by atoms with Crippen LogP contribution in [0.25, 0.3) is 5.69 Å². The Kier molecular flexibility index (Phi) is 7.32. The van der Waals surface area contributed by atoms with Crippen molar-refractivity contribution in [1.29, 1.82) is 0 Å². The average molecular weight is 569 g/mol. The number of nitrogens with one attached hydrogen (secondary N) is 1. The van der Waals surface area contributed by atoms with Crippen LogP contribution in [0.15, 0.2) is 52.2 Å². The van der Waals surface area contributed by atoms with E-state index in [1.807, 2.05) is 13.8 Å². The zero-order valence-corrected chi connectivity index (χ0v) is 22.2. The van der Waals surface area contributed by atoms with Crippen molar-refractivity contribution in [2.75, 3.05) is 18.1 Å². The van der Waals surface area contributed by atoms with Gasteiger partial charge in [-0.3, -0.25) is 9.59 Å². The van der Waals surface area contributed by atoms with Gasteiger partial charge in [0.05, 0.1) is 33.4 Å². The van der Waals surface area contributed by atoms with Gasteiger partial charge in [0.15, 0.2) is 9.84 Å². The maximum atomic E-state index is 13.6. The molecule has 0 radical (unpaired) electrons. The van der Waals surface area contributed by atoms with Gasteiger partial charge in [-0.25, -0.2) is 18.0 Å². The van der Waals surface area contributed by atoms with Gasteiger partial charge in [-0.05, 0) is 62.7 Å². The largest absolute Gasteiger partial charge is 0.417 e. The van der Waals surface area contributed by atoms with Crippen LogP contribution in [-0.2, 0) is 29.0 Å². The normalized spacial score (nSPS) is 13.9. The van der Waals surface area contributed by atoms with Crippen LogP contribution in [0.4, 0.5) is 19.1 Å². The first-order valence-corrected chi connectivity index (χ1v) is 13.8. The molecule has 1 aliphatic rings. The van der Waals surface area contributed by atoms with Gasteiger partial charge in [-0.1, -0.05) is 11.6 Å². The predicted octanol–water partition coefficient (Wildman–Crippen LogP) is 4.33. The minimum atomic E-state index is -4.72. The van der Waals surface area contributed by atoms with Gasteiger partial charge in [0.1, 0.15) is 0 Å². The Morgan fingerprint density at radius 1 is 1.13 bits per heavy atom. The Morgan fingerprint density at radius 2 is 1.79 bits per heavy atom. The van der Waals surface area contributed by atoms with Crippen molar-refractivity contribution in [3.8, 4) is 5.69 Å². The molecule has 0 atom stereocenters. The van der Waals surface area contributed by atoms with Crippen LogP contribution < -0.4 is 10.9 Å². The number of anilines is 1. The fourth-order valence-corrected chi connectivity index (χ4v) is 5.01. The molecule has 2 heterocycles. The highest BCUT2D eigenvalue weighted by atomic mass is 35.5. The number of hydrogen-bond donors (Lipinski definition) is 1. The molecule has 0 fully saturated rings. The van der Waals surface area contributed by atoms with Crippen molar-refractivity contribution in [1.82, 2.24) is 14.5 Å². The number of aromatic nitrogens is 2. The van der Waals surface area contributed by atoms with Gasteiger partial charge in [0, 0.05) is 30.0 Å².